The summed E-state index contributed by atoms with van der Waals surface area (Å²) in [4.78, 5) is 40.1. The molecule has 2 heterocycles. The molecular formula is C22H30N2O6S. The standard InChI is InChI=1S/C22H30N2O6S/c1-2-3-12-24(19-10-13-31(28,29)16-19)21(26)15-30-22(27)18-8-6-17(7-9-18)14-23-11-4-5-20(23)25/h6-9,19H,2-5,10-16H2,1H3. The van der Waals surface area contributed by atoms with Crippen molar-refractivity contribution < 1.29 is 27.5 Å². The topological polar surface area (TPSA) is 101 Å². The molecule has 2 aliphatic rings. The van der Waals surface area contributed by atoms with Gasteiger partial charge < -0.3 is 14.5 Å². The smallest absolute Gasteiger partial charge is 0.338 e. The van der Waals surface area contributed by atoms with Crippen molar-refractivity contribution in [1.29, 1.82) is 0 Å². The minimum Gasteiger partial charge on any atom is -0.452 e. The van der Waals surface area contributed by atoms with E-state index < -0.39 is 22.4 Å². The van der Waals surface area contributed by atoms with E-state index in [9.17, 15) is 22.8 Å². The molecule has 1 unspecified atom stereocenters. The number of sulfone groups is 1. The molecule has 170 valence electrons. The highest BCUT2D eigenvalue weighted by Crippen LogP contribution is 2.19. The van der Waals surface area contributed by atoms with Crippen LogP contribution in [0.25, 0.3) is 0 Å². The fourth-order valence-corrected chi connectivity index (χ4v) is 5.72. The van der Waals surface area contributed by atoms with Gasteiger partial charge in [0.1, 0.15) is 0 Å². The Morgan fingerprint density at radius 1 is 1.23 bits per heavy atom. The summed E-state index contributed by atoms with van der Waals surface area (Å²) in [5.74, 6) is -0.774. The summed E-state index contributed by atoms with van der Waals surface area (Å²) in [6, 6.07) is 6.46. The number of unbranched alkanes of at least 4 members (excludes halogenated alkanes) is 1. The van der Waals surface area contributed by atoms with Gasteiger partial charge in [-0.05, 0) is 37.0 Å². The zero-order valence-corrected chi connectivity index (χ0v) is 18.7. The van der Waals surface area contributed by atoms with Crippen molar-refractivity contribution >= 4 is 27.6 Å². The first kappa shape index (κ1) is 23.2. The van der Waals surface area contributed by atoms with Gasteiger partial charge in [0.05, 0.1) is 17.1 Å². The largest absolute Gasteiger partial charge is 0.452 e. The average molecular weight is 451 g/mol. The Kier molecular flexibility index (Phi) is 7.69. The molecule has 2 amide bonds. The second kappa shape index (κ2) is 10.3. The lowest BCUT2D eigenvalue weighted by Crippen LogP contribution is -2.43. The van der Waals surface area contributed by atoms with Crippen LogP contribution in [0.15, 0.2) is 24.3 Å². The Balaban J connectivity index is 1.54. The lowest BCUT2D eigenvalue weighted by atomic mass is 10.1. The molecule has 2 saturated heterocycles. The van der Waals surface area contributed by atoms with Gasteiger partial charge in [0.25, 0.3) is 5.91 Å². The quantitative estimate of drug-likeness (QED) is 0.532. The Labute approximate surface area is 183 Å². The molecular weight excluding hydrogens is 420 g/mol. The van der Waals surface area contributed by atoms with E-state index in [-0.39, 0.29) is 29.4 Å². The van der Waals surface area contributed by atoms with Gasteiger partial charge in [0.2, 0.25) is 5.91 Å². The summed E-state index contributed by atoms with van der Waals surface area (Å²) in [5, 5.41) is 0. The highest BCUT2D eigenvalue weighted by atomic mass is 32.2. The van der Waals surface area contributed by atoms with Gasteiger partial charge in [-0.2, -0.15) is 0 Å². The van der Waals surface area contributed by atoms with Crippen LogP contribution in [0, 0.1) is 0 Å². The van der Waals surface area contributed by atoms with Crippen LogP contribution < -0.4 is 0 Å². The third-order valence-electron chi connectivity index (χ3n) is 5.78. The van der Waals surface area contributed by atoms with E-state index in [1.807, 2.05) is 6.92 Å². The predicted molar refractivity (Wildman–Crippen MR) is 115 cm³/mol. The molecule has 1 aromatic rings. The normalized spacial score (nSPS) is 20.1. The van der Waals surface area contributed by atoms with Crippen LogP contribution in [-0.2, 0) is 30.7 Å². The summed E-state index contributed by atoms with van der Waals surface area (Å²) < 4.78 is 28.8. The third-order valence-corrected chi connectivity index (χ3v) is 7.53. The molecule has 0 aromatic heterocycles. The number of rotatable bonds is 9. The first-order valence-corrected chi connectivity index (χ1v) is 12.6. The first-order chi connectivity index (χ1) is 14.8. The number of hydrogen-bond donors (Lipinski definition) is 0. The summed E-state index contributed by atoms with van der Waals surface area (Å²) >= 11 is 0. The number of nitrogens with zero attached hydrogens (tertiary/aromatic N) is 2. The van der Waals surface area contributed by atoms with Crippen molar-refractivity contribution in [2.75, 3.05) is 31.2 Å². The minimum atomic E-state index is -3.12. The van der Waals surface area contributed by atoms with Gasteiger partial charge in [-0.15, -0.1) is 0 Å². The van der Waals surface area contributed by atoms with E-state index in [1.54, 1.807) is 34.1 Å². The number of hydrogen-bond acceptors (Lipinski definition) is 6. The molecule has 2 aliphatic heterocycles. The molecule has 9 heteroatoms. The lowest BCUT2D eigenvalue weighted by Gasteiger charge is -2.28. The van der Waals surface area contributed by atoms with Crippen molar-refractivity contribution in [3.05, 3.63) is 35.4 Å². The number of amides is 2. The minimum absolute atomic E-state index is 0.0304. The highest BCUT2D eigenvalue weighted by molar-refractivity contribution is 7.91. The SMILES string of the molecule is CCCCN(C(=O)COC(=O)c1ccc(CN2CCCC2=O)cc1)C1CCS(=O)(=O)C1. The van der Waals surface area contributed by atoms with E-state index in [0.717, 1.165) is 31.4 Å². The Morgan fingerprint density at radius 3 is 2.55 bits per heavy atom. The molecule has 1 atom stereocenters. The predicted octanol–water partition coefficient (Wildman–Crippen LogP) is 1.78. The number of esters is 1. The number of ether oxygens (including phenoxy) is 1. The third kappa shape index (κ3) is 6.29. The number of carbonyl (C=O) groups excluding carboxylic acids is 3. The van der Waals surface area contributed by atoms with Gasteiger partial charge in [0, 0.05) is 32.1 Å². The molecule has 1 aromatic carbocycles. The molecule has 0 bridgehead atoms. The number of carbonyl (C=O) groups is 3. The summed E-state index contributed by atoms with van der Waals surface area (Å²) in [5.41, 5.74) is 1.25. The first-order valence-electron chi connectivity index (χ1n) is 10.8. The van der Waals surface area contributed by atoms with Gasteiger partial charge in [-0.3, -0.25) is 9.59 Å². The van der Waals surface area contributed by atoms with E-state index >= 15 is 0 Å². The van der Waals surface area contributed by atoms with Gasteiger partial charge in [-0.25, -0.2) is 13.2 Å². The zero-order chi connectivity index (χ0) is 22.4. The van der Waals surface area contributed by atoms with Crippen LogP contribution in [0.2, 0.25) is 0 Å². The van der Waals surface area contributed by atoms with E-state index in [1.165, 1.54) is 0 Å². The van der Waals surface area contributed by atoms with Gasteiger partial charge in [0.15, 0.2) is 16.4 Å². The Morgan fingerprint density at radius 2 is 1.97 bits per heavy atom. The van der Waals surface area contributed by atoms with Crippen molar-refractivity contribution in [3.8, 4) is 0 Å². The zero-order valence-electron chi connectivity index (χ0n) is 17.9. The fraction of sp³-hybridized carbons (Fsp3) is 0.591. The molecule has 0 spiro atoms. The van der Waals surface area contributed by atoms with E-state index in [0.29, 0.717) is 31.5 Å². The van der Waals surface area contributed by atoms with E-state index in [4.69, 9.17) is 4.74 Å². The van der Waals surface area contributed by atoms with Crippen LogP contribution in [-0.4, -0.2) is 73.2 Å². The average Bonchev–Trinajstić information content (AvgIpc) is 3.31. The molecule has 8 nitrogen and oxygen atoms in total. The Hall–Kier alpha value is -2.42. The maximum atomic E-state index is 12.7. The molecule has 0 radical (unpaired) electrons. The maximum Gasteiger partial charge on any atom is 0.338 e. The summed E-state index contributed by atoms with van der Waals surface area (Å²) in [6.45, 7) is 3.31. The number of benzene rings is 1. The molecule has 31 heavy (non-hydrogen) atoms. The monoisotopic (exact) mass is 450 g/mol. The fourth-order valence-electron chi connectivity index (χ4n) is 3.99. The van der Waals surface area contributed by atoms with Crippen LogP contribution in [0.3, 0.4) is 0 Å². The second-order valence-corrected chi connectivity index (χ2v) is 10.4. The van der Waals surface area contributed by atoms with Crippen molar-refractivity contribution in [1.82, 2.24) is 9.80 Å². The lowest BCUT2D eigenvalue weighted by molar-refractivity contribution is -0.136. The van der Waals surface area contributed by atoms with Gasteiger partial charge in [-0.1, -0.05) is 25.5 Å². The van der Waals surface area contributed by atoms with Crippen molar-refractivity contribution in [2.45, 2.75) is 51.6 Å². The molecule has 2 fully saturated rings. The Bertz CT molecular complexity index is 912. The van der Waals surface area contributed by atoms with Crippen molar-refractivity contribution in [2.24, 2.45) is 0 Å². The van der Waals surface area contributed by atoms with Crippen LogP contribution in [0.1, 0.15) is 54.9 Å². The number of likely N-dealkylation sites (tertiary alicyclic amines) is 1. The maximum absolute atomic E-state index is 12.7. The van der Waals surface area contributed by atoms with Gasteiger partial charge >= 0.3 is 5.97 Å². The molecule has 3 rings (SSSR count). The highest BCUT2D eigenvalue weighted by Gasteiger charge is 2.34. The second-order valence-electron chi connectivity index (χ2n) is 8.19. The molecule has 0 aliphatic carbocycles. The molecule has 0 saturated carbocycles. The van der Waals surface area contributed by atoms with E-state index in [2.05, 4.69) is 0 Å². The van der Waals surface area contributed by atoms with Crippen LogP contribution in [0.5, 0.6) is 0 Å². The summed E-state index contributed by atoms with van der Waals surface area (Å²) in [7, 11) is -3.12. The molecule has 0 N–H and O–H groups in total. The van der Waals surface area contributed by atoms with Crippen LogP contribution in [0.4, 0.5) is 0 Å². The van der Waals surface area contributed by atoms with Crippen LogP contribution >= 0.6 is 0 Å². The van der Waals surface area contributed by atoms with Crippen molar-refractivity contribution in [3.63, 3.8) is 0 Å². The summed E-state index contributed by atoms with van der Waals surface area (Å²) in [6.07, 6.45) is 3.52.